The highest BCUT2D eigenvalue weighted by Gasteiger charge is 2.51. The van der Waals surface area contributed by atoms with Gasteiger partial charge in [-0.25, -0.2) is 0 Å². The van der Waals surface area contributed by atoms with Gasteiger partial charge in [-0.1, -0.05) is 85.6 Å². The second-order valence-corrected chi connectivity index (χ2v) is 11.9. The van der Waals surface area contributed by atoms with Crippen LogP contribution in [0.4, 0.5) is 22.0 Å². The van der Waals surface area contributed by atoms with E-state index < -0.39 is 72.4 Å². The average Bonchev–Trinajstić information content (AvgIpc) is 3.01. The van der Waals surface area contributed by atoms with Crippen molar-refractivity contribution in [2.45, 2.75) is 50.9 Å². The Balaban J connectivity index is 1.86. The quantitative estimate of drug-likeness (QED) is 0.127. The summed E-state index contributed by atoms with van der Waals surface area (Å²) in [6.07, 6.45) is -7.02. The van der Waals surface area contributed by atoms with E-state index >= 15 is 0 Å². The normalized spacial score (nSPS) is 13.7. The van der Waals surface area contributed by atoms with Crippen LogP contribution >= 0.6 is 23.2 Å². The van der Waals surface area contributed by atoms with Crippen LogP contribution in [-0.4, -0.2) is 42.0 Å². The Kier molecular flexibility index (Phi) is 12.9. The smallest absolute Gasteiger partial charge is 0.405 e. The third-order valence-electron chi connectivity index (χ3n) is 7.05. The fourth-order valence-electron chi connectivity index (χ4n) is 4.60. The number of benzene rings is 3. The van der Waals surface area contributed by atoms with Crippen molar-refractivity contribution in [2.75, 3.05) is 6.54 Å². The van der Waals surface area contributed by atoms with Crippen molar-refractivity contribution in [1.82, 2.24) is 10.6 Å². The molecule has 7 nitrogen and oxygen atoms in total. The Morgan fingerprint density at radius 2 is 1.43 bits per heavy atom. The lowest BCUT2D eigenvalue weighted by atomic mass is 9.82. The summed E-state index contributed by atoms with van der Waals surface area (Å²) in [7, 11) is 0. The number of rotatable bonds is 15. The van der Waals surface area contributed by atoms with Crippen molar-refractivity contribution in [1.29, 1.82) is 0 Å². The third kappa shape index (κ3) is 11.0. The van der Waals surface area contributed by atoms with Crippen molar-refractivity contribution in [3.05, 3.63) is 100 Å². The highest BCUT2D eigenvalue weighted by molar-refractivity contribution is 6.30. The number of carbonyl (C=O) groups is 4. The number of amides is 2. The summed E-state index contributed by atoms with van der Waals surface area (Å²) in [6.45, 7) is 0.607. The van der Waals surface area contributed by atoms with Crippen LogP contribution in [0.2, 0.25) is 10.0 Å². The van der Waals surface area contributed by atoms with Crippen LogP contribution < -0.4 is 15.4 Å². The Bertz CT molecular complexity index is 1550. The van der Waals surface area contributed by atoms with Gasteiger partial charge >= 0.3 is 12.1 Å². The molecule has 3 atom stereocenters. The molecule has 0 saturated heterocycles. The van der Waals surface area contributed by atoms with Gasteiger partial charge in [0.25, 0.3) is 5.91 Å². The van der Waals surface area contributed by atoms with E-state index in [9.17, 15) is 41.1 Å². The molecule has 0 aliphatic rings. The fourth-order valence-corrected chi connectivity index (χ4v) is 4.90. The number of ether oxygens (including phenoxy) is 1. The standard InChI is InChI=1S/C33H31Cl2F5N2O5/c1-19(2)25(30(45)33(39,40)31(46)41-18-32(36,37)38)16-26(43)29(21-11-13-22(34)14-12-21)42-28(44)17-27(20-7-4-3-5-8-20)47-24-10-6-9-23(35)15-24/h3-15,19,25,27,29H,16-18H2,1-2H3,(H,41,46)(H,42,44)/t25-,27-,29-/m0/s1. The molecule has 3 rings (SSSR count). The minimum absolute atomic E-state index is 0.212. The molecule has 0 aliphatic carbocycles. The average molecular weight is 702 g/mol. The molecule has 0 fully saturated rings. The molecule has 0 saturated carbocycles. The predicted molar refractivity (Wildman–Crippen MR) is 165 cm³/mol. The monoisotopic (exact) mass is 700 g/mol. The van der Waals surface area contributed by atoms with E-state index in [-0.39, 0.29) is 12.0 Å². The van der Waals surface area contributed by atoms with Crippen LogP contribution in [0.3, 0.4) is 0 Å². The van der Waals surface area contributed by atoms with Gasteiger partial charge in [0.1, 0.15) is 24.4 Å². The minimum Gasteiger partial charge on any atom is -0.485 e. The zero-order chi connectivity index (χ0) is 34.9. The molecule has 0 unspecified atom stereocenters. The van der Waals surface area contributed by atoms with E-state index in [1.807, 2.05) is 0 Å². The Hall–Kier alpha value is -4.03. The van der Waals surface area contributed by atoms with Crippen LogP contribution in [0.1, 0.15) is 50.0 Å². The molecule has 0 aromatic heterocycles. The molecular weight excluding hydrogens is 670 g/mol. The molecule has 14 heteroatoms. The van der Waals surface area contributed by atoms with Crippen LogP contribution in [-0.2, 0) is 19.2 Å². The topological polar surface area (TPSA) is 102 Å². The van der Waals surface area contributed by atoms with Gasteiger partial charge in [-0.05, 0) is 47.4 Å². The Morgan fingerprint density at radius 3 is 2.00 bits per heavy atom. The van der Waals surface area contributed by atoms with Crippen LogP contribution in [0, 0.1) is 11.8 Å². The number of ketones is 2. The summed E-state index contributed by atoms with van der Waals surface area (Å²) in [5.41, 5.74) is 0.831. The molecule has 0 radical (unpaired) electrons. The molecule has 252 valence electrons. The van der Waals surface area contributed by atoms with Crippen LogP contribution in [0.5, 0.6) is 5.75 Å². The van der Waals surface area contributed by atoms with E-state index in [0.717, 1.165) is 5.32 Å². The van der Waals surface area contributed by atoms with E-state index in [2.05, 4.69) is 5.32 Å². The molecule has 3 aromatic carbocycles. The van der Waals surface area contributed by atoms with Gasteiger partial charge in [0.05, 0.1) is 6.42 Å². The summed E-state index contributed by atoms with van der Waals surface area (Å²) >= 11 is 12.1. The Labute approximate surface area is 277 Å². The number of alkyl halides is 5. The van der Waals surface area contributed by atoms with E-state index in [1.54, 1.807) is 54.6 Å². The summed E-state index contributed by atoms with van der Waals surface area (Å²) in [5, 5.41) is 4.30. The maximum Gasteiger partial charge on any atom is 0.405 e. The SMILES string of the molecule is CC(C)[C@H](CC(=O)[C@@H](NC(=O)C[C@H](Oc1cccc(Cl)c1)c1ccccc1)c1ccc(Cl)cc1)C(=O)C(F)(F)C(=O)NCC(F)(F)F. The molecule has 0 spiro atoms. The van der Waals surface area contributed by atoms with Gasteiger partial charge in [-0.15, -0.1) is 0 Å². The van der Waals surface area contributed by atoms with Crippen molar-refractivity contribution in [2.24, 2.45) is 11.8 Å². The number of nitrogens with one attached hydrogen (secondary N) is 2. The molecule has 47 heavy (non-hydrogen) atoms. The first-order chi connectivity index (χ1) is 22.0. The van der Waals surface area contributed by atoms with E-state index in [0.29, 0.717) is 21.4 Å². The lowest BCUT2D eigenvalue weighted by molar-refractivity contribution is -0.167. The number of hydrogen-bond acceptors (Lipinski definition) is 5. The lowest BCUT2D eigenvalue weighted by Crippen LogP contribution is -2.51. The predicted octanol–water partition coefficient (Wildman–Crippen LogP) is 7.48. The zero-order valence-electron chi connectivity index (χ0n) is 25.1. The van der Waals surface area contributed by atoms with Crippen molar-refractivity contribution < 1.29 is 45.9 Å². The highest BCUT2D eigenvalue weighted by Crippen LogP contribution is 2.31. The maximum atomic E-state index is 14.8. The molecule has 3 aromatic rings. The van der Waals surface area contributed by atoms with Gasteiger partial charge in [0.15, 0.2) is 5.78 Å². The van der Waals surface area contributed by atoms with Crippen molar-refractivity contribution in [3.63, 3.8) is 0 Å². The first kappa shape index (κ1) is 37.4. The zero-order valence-corrected chi connectivity index (χ0v) is 26.6. The van der Waals surface area contributed by atoms with Gasteiger partial charge < -0.3 is 15.4 Å². The van der Waals surface area contributed by atoms with Gasteiger partial charge in [-0.2, -0.15) is 22.0 Å². The number of Topliss-reactive ketones (excluding diaryl/α,β-unsaturated/α-hetero) is 2. The van der Waals surface area contributed by atoms with Crippen LogP contribution in [0.25, 0.3) is 0 Å². The van der Waals surface area contributed by atoms with E-state index in [4.69, 9.17) is 27.9 Å². The summed E-state index contributed by atoms with van der Waals surface area (Å²) in [4.78, 5) is 51.9. The molecule has 0 bridgehead atoms. The highest BCUT2D eigenvalue weighted by atomic mass is 35.5. The van der Waals surface area contributed by atoms with Crippen molar-refractivity contribution in [3.8, 4) is 5.75 Å². The molecule has 0 aliphatic heterocycles. The Morgan fingerprint density at radius 1 is 0.787 bits per heavy atom. The molecule has 2 N–H and O–H groups in total. The summed E-state index contributed by atoms with van der Waals surface area (Å²) in [6, 6.07) is 19.5. The van der Waals surface area contributed by atoms with Gasteiger partial charge in [0.2, 0.25) is 11.7 Å². The second kappa shape index (κ2) is 16.2. The first-order valence-corrected chi connectivity index (χ1v) is 15.1. The number of carbonyl (C=O) groups excluding carboxylic acids is 4. The van der Waals surface area contributed by atoms with E-state index in [1.165, 1.54) is 38.1 Å². The van der Waals surface area contributed by atoms with Gasteiger partial charge in [0, 0.05) is 22.4 Å². The summed E-state index contributed by atoms with van der Waals surface area (Å²) in [5.74, 6) is -13.2. The first-order valence-electron chi connectivity index (χ1n) is 14.3. The molecular formula is C33H31Cl2F5N2O5. The second-order valence-electron chi connectivity index (χ2n) is 11.0. The minimum atomic E-state index is -5.00. The largest absolute Gasteiger partial charge is 0.485 e. The van der Waals surface area contributed by atoms with Crippen molar-refractivity contribution >= 4 is 46.6 Å². The van der Waals surface area contributed by atoms with Crippen LogP contribution in [0.15, 0.2) is 78.9 Å². The van der Waals surface area contributed by atoms with Gasteiger partial charge in [-0.3, -0.25) is 19.2 Å². The summed E-state index contributed by atoms with van der Waals surface area (Å²) < 4.78 is 73.1. The number of halogens is 7. The maximum absolute atomic E-state index is 14.8. The fraction of sp³-hybridized carbons (Fsp3) is 0.333. The lowest BCUT2D eigenvalue weighted by Gasteiger charge is -2.27. The third-order valence-corrected chi connectivity index (χ3v) is 7.54. The molecule has 0 heterocycles. The molecule has 2 amide bonds. The number of hydrogen-bond donors (Lipinski definition) is 2.